The maximum Gasteiger partial charge on any atom is 0.126 e. The SMILES string of the molecule is Cc1cc(C#N)ccc1-c1ccnc(NCc2cc(-c3ccc(F)cc3Cl)[nH]n2)c1. The van der Waals surface area contributed by atoms with Crippen molar-refractivity contribution in [3.63, 3.8) is 0 Å². The van der Waals surface area contributed by atoms with Crippen LogP contribution in [0.15, 0.2) is 60.8 Å². The van der Waals surface area contributed by atoms with Crippen molar-refractivity contribution in [1.82, 2.24) is 15.2 Å². The molecule has 2 heterocycles. The molecular weight excluding hydrogens is 401 g/mol. The number of anilines is 1. The highest BCUT2D eigenvalue weighted by molar-refractivity contribution is 6.33. The van der Waals surface area contributed by atoms with Gasteiger partial charge in [0.15, 0.2) is 0 Å². The van der Waals surface area contributed by atoms with E-state index in [2.05, 4.69) is 26.6 Å². The Labute approximate surface area is 178 Å². The van der Waals surface area contributed by atoms with Gasteiger partial charge >= 0.3 is 0 Å². The van der Waals surface area contributed by atoms with Gasteiger partial charge in [-0.1, -0.05) is 17.7 Å². The fourth-order valence-corrected chi connectivity index (χ4v) is 3.50. The van der Waals surface area contributed by atoms with Crippen molar-refractivity contribution < 1.29 is 4.39 Å². The quantitative estimate of drug-likeness (QED) is 0.435. The second kappa shape index (κ2) is 8.36. The Morgan fingerprint density at radius 1 is 1.10 bits per heavy atom. The Morgan fingerprint density at radius 2 is 1.93 bits per heavy atom. The number of halogens is 2. The normalized spacial score (nSPS) is 10.6. The van der Waals surface area contributed by atoms with Gasteiger partial charge < -0.3 is 5.32 Å². The monoisotopic (exact) mass is 417 g/mol. The van der Waals surface area contributed by atoms with Gasteiger partial charge in [0, 0.05) is 11.8 Å². The van der Waals surface area contributed by atoms with Crippen LogP contribution in [0.2, 0.25) is 5.02 Å². The molecule has 4 rings (SSSR count). The van der Waals surface area contributed by atoms with Gasteiger partial charge in [0.25, 0.3) is 0 Å². The largest absolute Gasteiger partial charge is 0.364 e. The lowest BCUT2D eigenvalue weighted by Gasteiger charge is -2.09. The first kappa shape index (κ1) is 19.6. The van der Waals surface area contributed by atoms with Crippen LogP contribution in [0.4, 0.5) is 10.2 Å². The van der Waals surface area contributed by atoms with Crippen LogP contribution in [-0.4, -0.2) is 15.2 Å². The van der Waals surface area contributed by atoms with Crippen molar-refractivity contribution in [3.05, 3.63) is 88.5 Å². The summed E-state index contributed by atoms with van der Waals surface area (Å²) in [4.78, 5) is 4.37. The van der Waals surface area contributed by atoms with E-state index in [1.807, 2.05) is 43.3 Å². The molecule has 2 N–H and O–H groups in total. The molecule has 2 aromatic carbocycles. The number of rotatable bonds is 5. The number of nitrogens with zero attached hydrogens (tertiary/aromatic N) is 3. The lowest BCUT2D eigenvalue weighted by molar-refractivity contribution is 0.628. The lowest BCUT2D eigenvalue weighted by Crippen LogP contribution is -2.01. The molecule has 0 bridgehead atoms. The summed E-state index contributed by atoms with van der Waals surface area (Å²) in [6.07, 6.45) is 1.74. The third-order valence-electron chi connectivity index (χ3n) is 4.73. The van der Waals surface area contributed by atoms with Crippen molar-refractivity contribution >= 4 is 17.4 Å². The number of hydrogen-bond acceptors (Lipinski definition) is 4. The number of pyridine rings is 1. The molecule has 0 amide bonds. The third-order valence-corrected chi connectivity index (χ3v) is 5.04. The minimum absolute atomic E-state index is 0.324. The van der Waals surface area contributed by atoms with Crippen molar-refractivity contribution in [2.24, 2.45) is 0 Å². The zero-order valence-electron chi connectivity index (χ0n) is 16.1. The maximum absolute atomic E-state index is 13.3. The van der Waals surface area contributed by atoms with E-state index in [9.17, 15) is 4.39 Å². The smallest absolute Gasteiger partial charge is 0.126 e. The molecule has 148 valence electrons. The highest BCUT2D eigenvalue weighted by Crippen LogP contribution is 2.28. The van der Waals surface area contributed by atoms with E-state index >= 15 is 0 Å². The molecule has 5 nitrogen and oxygen atoms in total. The van der Waals surface area contributed by atoms with Crippen LogP contribution >= 0.6 is 11.6 Å². The zero-order chi connectivity index (χ0) is 21.1. The van der Waals surface area contributed by atoms with E-state index in [4.69, 9.17) is 16.9 Å². The molecule has 30 heavy (non-hydrogen) atoms. The average Bonchev–Trinajstić information content (AvgIpc) is 3.21. The second-order valence-electron chi connectivity index (χ2n) is 6.82. The van der Waals surface area contributed by atoms with Crippen molar-refractivity contribution in [3.8, 4) is 28.5 Å². The molecule has 0 spiro atoms. The van der Waals surface area contributed by atoms with Crippen LogP contribution in [0.25, 0.3) is 22.4 Å². The maximum atomic E-state index is 13.3. The summed E-state index contributed by atoms with van der Waals surface area (Å²) in [5.41, 5.74) is 5.90. The van der Waals surface area contributed by atoms with Crippen molar-refractivity contribution in [1.29, 1.82) is 5.26 Å². The van der Waals surface area contributed by atoms with Crippen LogP contribution in [0.1, 0.15) is 16.8 Å². The molecule has 0 fully saturated rings. The first-order valence-electron chi connectivity index (χ1n) is 9.24. The number of hydrogen-bond donors (Lipinski definition) is 2. The number of nitriles is 1. The van der Waals surface area contributed by atoms with Crippen LogP contribution in [0.5, 0.6) is 0 Å². The summed E-state index contributed by atoms with van der Waals surface area (Å²) in [6, 6.07) is 17.8. The van der Waals surface area contributed by atoms with E-state index in [1.165, 1.54) is 12.1 Å². The number of aromatic amines is 1. The minimum Gasteiger partial charge on any atom is -0.364 e. The van der Waals surface area contributed by atoms with E-state index in [-0.39, 0.29) is 5.82 Å². The third kappa shape index (κ3) is 4.17. The highest BCUT2D eigenvalue weighted by Gasteiger charge is 2.09. The van der Waals surface area contributed by atoms with Gasteiger partial charge in [0.2, 0.25) is 0 Å². The van der Waals surface area contributed by atoms with Gasteiger partial charge in [-0.3, -0.25) is 5.10 Å². The Bertz CT molecular complexity index is 1260. The van der Waals surface area contributed by atoms with Gasteiger partial charge in [-0.15, -0.1) is 0 Å². The molecule has 0 atom stereocenters. The van der Waals surface area contributed by atoms with E-state index in [0.717, 1.165) is 22.4 Å². The van der Waals surface area contributed by atoms with Crippen LogP contribution < -0.4 is 5.32 Å². The van der Waals surface area contributed by atoms with Crippen LogP contribution in [0, 0.1) is 24.1 Å². The summed E-state index contributed by atoms with van der Waals surface area (Å²) < 4.78 is 13.3. The van der Waals surface area contributed by atoms with Gasteiger partial charge in [0.1, 0.15) is 11.6 Å². The molecule has 4 aromatic rings. The molecule has 0 radical (unpaired) electrons. The Hall–Kier alpha value is -3.69. The molecule has 0 saturated heterocycles. The summed E-state index contributed by atoms with van der Waals surface area (Å²) >= 11 is 6.12. The first-order valence-corrected chi connectivity index (χ1v) is 9.62. The van der Waals surface area contributed by atoms with Gasteiger partial charge in [-0.25, -0.2) is 9.37 Å². The Kier molecular flexibility index (Phi) is 5.46. The van der Waals surface area contributed by atoms with E-state index in [1.54, 1.807) is 12.3 Å². The van der Waals surface area contributed by atoms with Crippen molar-refractivity contribution in [2.75, 3.05) is 5.32 Å². The number of benzene rings is 2. The van der Waals surface area contributed by atoms with E-state index in [0.29, 0.717) is 34.2 Å². The number of aromatic nitrogens is 3. The molecule has 0 saturated carbocycles. The summed E-state index contributed by atoms with van der Waals surface area (Å²) in [6.45, 7) is 2.44. The average molecular weight is 418 g/mol. The summed E-state index contributed by atoms with van der Waals surface area (Å²) in [5.74, 6) is 0.328. The molecule has 7 heteroatoms. The minimum atomic E-state index is -0.381. The van der Waals surface area contributed by atoms with Gasteiger partial charge in [0.05, 0.1) is 34.6 Å². The second-order valence-corrected chi connectivity index (χ2v) is 7.23. The number of aryl methyl sites for hydroxylation is 1. The Morgan fingerprint density at radius 3 is 2.70 bits per heavy atom. The highest BCUT2D eigenvalue weighted by atomic mass is 35.5. The van der Waals surface area contributed by atoms with Gasteiger partial charge in [-0.2, -0.15) is 10.4 Å². The zero-order valence-corrected chi connectivity index (χ0v) is 16.8. The van der Waals surface area contributed by atoms with E-state index < -0.39 is 0 Å². The number of H-pyrrole nitrogens is 1. The first-order chi connectivity index (χ1) is 14.5. The molecule has 2 aromatic heterocycles. The molecule has 0 aliphatic rings. The van der Waals surface area contributed by atoms with Crippen molar-refractivity contribution in [2.45, 2.75) is 13.5 Å². The van der Waals surface area contributed by atoms with Gasteiger partial charge in [-0.05, 0) is 72.1 Å². The predicted octanol–water partition coefficient (Wildman–Crippen LogP) is 5.72. The molecular formula is C23H17ClFN5. The predicted molar refractivity (Wildman–Crippen MR) is 115 cm³/mol. The lowest BCUT2D eigenvalue weighted by atomic mass is 9.99. The molecule has 0 aliphatic carbocycles. The number of nitrogens with one attached hydrogen (secondary N) is 2. The fraction of sp³-hybridized carbons (Fsp3) is 0.0870. The summed E-state index contributed by atoms with van der Waals surface area (Å²) in [5, 5.41) is 19.8. The fourth-order valence-electron chi connectivity index (χ4n) is 3.23. The summed E-state index contributed by atoms with van der Waals surface area (Å²) in [7, 11) is 0. The molecule has 0 aliphatic heterocycles. The standard InChI is InChI=1S/C23H17ClFN5/c1-14-8-15(12-26)2-4-19(14)16-6-7-27-23(9-16)28-13-18-11-22(30-29-18)20-5-3-17(25)10-21(20)24/h2-11H,13H2,1H3,(H,27,28)(H,29,30). The Balaban J connectivity index is 1.49. The topological polar surface area (TPSA) is 77.4 Å². The molecule has 0 unspecified atom stereocenters. The van der Waals surface area contributed by atoms with Crippen LogP contribution in [-0.2, 0) is 6.54 Å². The van der Waals surface area contributed by atoms with Crippen LogP contribution in [0.3, 0.4) is 0 Å².